The maximum Gasteiger partial charge on any atom is 0.408 e. The molecule has 2 aromatic rings. The molecular formula is C24H35N7O5. The van der Waals surface area contributed by atoms with E-state index < -0.39 is 17.6 Å². The van der Waals surface area contributed by atoms with Crippen LogP contribution in [0.25, 0.3) is 0 Å². The first kappa shape index (κ1) is 26.9. The first-order valence-corrected chi connectivity index (χ1v) is 11.8. The van der Waals surface area contributed by atoms with Crippen molar-refractivity contribution in [2.24, 2.45) is 5.73 Å². The highest BCUT2D eigenvalue weighted by Gasteiger charge is 2.30. The number of hydrogen-bond acceptors (Lipinski definition) is 10. The van der Waals surface area contributed by atoms with E-state index in [0.29, 0.717) is 42.7 Å². The monoisotopic (exact) mass is 501 g/mol. The summed E-state index contributed by atoms with van der Waals surface area (Å²) in [5, 5.41) is 17.4. The molecule has 2 amide bonds. The second-order valence-corrected chi connectivity index (χ2v) is 9.79. The zero-order chi connectivity index (χ0) is 26.5. The van der Waals surface area contributed by atoms with Crippen LogP contribution in [0.4, 0.5) is 22.1 Å². The van der Waals surface area contributed by atoms with Crippen molar-refractivity contribution in [3.63, 3.8) is 0 Å². The van der Waals surface area contributed by atoms with Crippen molar-refractivity contribution in [2.75, 3.05) is 31.0 Å². The largest absolute Gasteiger partial charge is 0.495 e. The molecule has 0 saturated carbocycles. The summed E-state index contributed by atoms with van der Waals surface area (Å²) in [4.78, 5) is 28.9. The minimum absolute atomic E-state index is 0.0281. The average molecular weight is 502 g/mol. The Labute approximate surface area is 210 Å². The van der Waals surface area contributed by atoms with Crippen LogP contribution in [0, 0.1) is 0 Å². The van der Waals surface area contributed by atoms with Crippen molar-refractivity contribution in [3.8, 4) is 5.75 Å². The van der Waals surface area contributed by atoms with E-state index in [2.05, 4.69) is 31.1 Å². The molecule has 5 N–H and O–H groups in total. The van der Waals surface area contributed by atoms with E-state index >= 15 is 0 Å². The van der Waals surface area contributed by atoms with Gasteiger partial charge in [-0.1, -0.05) is 13.8 Å². The maximum absolute atomic E-state index is 12.3. The molecule has 36 heavy (non-hydrogen) atoms. The van der Waals surface area contributed by atoms with Crippen molar-refractivity contribution in [1.29, 1.82) is 0 Å². The number of aromatic nitrogens is 3. The Morgan fingerprint density at radius 2 is 1.92 bits per heavy atom. The van der Waals surface area contributed by atoms with Crippen molar-refractivity contribution in [1.82, 2.24) is 20.5 Å². The summed E-state index contributed by atoms with van der Waals surface area (Å²) in [6.07, 6.45) is 0.0779. The minimum atomic E-state index is -0.732. The topological polar surface area (TPSA) is 163 Å². The molecule has 0 bridgehead atoms. The summed E-state index contributed by atoms with van der Waals surface area (Å²) < 4.78 is 16.3. The number of methoxy groups -OCH3 is 1. The molecule has 0 unspecified atom stereocenters. The summed E-state index contributed by atoms with van der Waals surface area (Å²) >= 11 is 0. The molecule has 2 atom stereocenters. The van der Waals surface area contributed by atoms with Gasteiger partial charge in [0.25, 0.3) is 5.91 Å². The van der Waals surface area contributed by atoms with Crippen LogP contribution in [-0.4, -0.2) is 65.2 Å². The number of alkyl carbamates (subject to hydrolysis) is 1. The van der Waals surface area contributed by atoms with E-state index in [4.69, 9.17) is 19.9 Å². The number of nitrogens with one attached hydrogen (secondary N) is 3. The van der Waals surface area contributed by atoms with Gasteiger partial charge in [0.05, 0.1) is 37.2 Å². The highest BCUT2D eigenvalue weighted by atomic mass is 16.6. The summed E-state index contributed by atoms with van der Waals surface area (Å²) in [5.41, 5.74) is 5.99. The number of ether oxygens (including phenoxy) is 3. The van der Waals surface area contributed by atoms with Gasteiger partial charge in [-0.25, -0.2) is 9.78 Å². The van der Waals surface area contributed by atoms with Crippen LogP contribution >= 0.6 is 0 Å². The zero-order valence-electron chi connectivity index (χ0n) is 21.5. The van der Waals surface area contributed by atoms with Gasteiger partial charge < -0.3 is 35.9 Å². The number of nitrogens with two attached hydrogens (primary N) is 1. The number of carbonyl (C=O) groups is 2. The fraction of sp³-hybridized carbons (Fsp3) is 0.542. The predicted octanol–water partition coefficient (Wildman–Crippen LogP) is 2.94. The van der Waals surface area contributed by atoms with E-state index in [1.807, 2.05) is 13.8 Å². The predicted molar refractivity (Wildman–Crippen MR) is 135 cm³/mol. The van der Waals surface area contributed by atoms with Crippen LogP contribution in [0.15, 0.2) is 18.2 Å². The smallest absolute Gasteiger partial charge is 0.408 e. The number of amides is 2. The number of primary amides is 1. The van der Waals surface area contributed by atoms with Gasteiger partial charge in [0.1, 0.15) is 17.2 Å². The van der Waals surface area contributed by atoms with Crippen LogP contribution in [0.2, 0.25) is 0 Å². The Morgan fingerprint density at radius 3 is 2.56 bits per heavy atom. The molecule has 196 valence electrons. The third kappa shape index (κ3) is 7.17. The first-order chi connectivity index (χ1) is 17.0. The Balaban J connectivity index is 1.82. The summed E-state index contributed by atoms with van der Waals surface area (Å²) in [6.45, 7) is 10.2. The molecule has 1 aliphatic heterocycles. The third-order valence-electron chi connectivity index (χ3n) is 5.33. The number of nitrogens with zero attached hydrogens (tertiary/aromatic N) is 3. The molecule has 1 fully saturated rings. The molecule has 0 radical (unpaired) electrons. The summed E-state index contributed by atoms with van der Waals surface area (Å²) in [6, 6.07) is 4.60. The Morgan fingerprint density at radius 1 is 1.17 bits per heavy atom. The molecule has 1 aliphatic rings. The molecular weight excluding hydrogens is 466 g/mol. The SMILES string of the molecule is COc1ccc(Nc2cc(N[C@@H]3CCOC[C@@H]3NC(=O)OC(C)(C)C)nnc2C(N)=O)nc1C(C)C. The van der Waals surface area contributed by atoms with Crippen molar-refractivity contribution < 1.29 is 23.8 Å². The van der Waals surface area contributed by atoms with Gasteiger partial charge in [-0.05, 0) is 45.2 Å². The van der Waals surface area contributed by atoms with Gasteiger partial charge in [0.15, 0.2) is 11.5 Å². The molecule has 12 nitrogen and oxygen atoms in total. The molecule has 0 spiro atoms. The fourth-order valence-electron chi connectivity index (χ4n) is 3.70. The standard InChI is InChI=1S/C24H35N7O5/c1-13(2)20-17(34-6)7-8-18(29-20)27-15-11-19(30-31-21(15)22(25)32)26-14-9-10-35-12-16(14)28-23(33)36-24(3,4)5/h7-8,11,13-14,16H,9-10,12H2,1-6H3,(H2,25,32)(H,28,33)(H2,26,27,29,30)/t14-,16+/m1/s1. The summed E-state index contributed by atoms with van der Waals surface area (Å²) in [7, 11) is 1.59. The molecule has 3 heterocycles. The second-order valence-electron chi connectivity index (χ2n) is 9.79. The normalized spacial score (nSPS) is 17.9. The van der Waals surface area contributed by atoms with Crippen molar-refractivity contribution in [2.45, 2.75) is 64.6 Å². The third-order valence-corrected chi connectivity index (χ3v) is 5.33. The lowest BCUT2D eigenvalue weighted by molar-refractivity contribution is 0.0317. The fourth-order valence-corrected chi connectivity index (χ4v) is 3.70. The number of carbonyl (C=O) groups excluding carboxylic acids is 2. The van der Waals surface area contributed by atoms with Crippen LogP contribution in [0.3, 0.4) is 0 Å². The zero-order valence-corrected chi connectivity index (χ0v) is 21.5. The highest BCUT2D eigenvalue weighted by molar-refractivity contribution is 5.97. The molecule has 2 aromatic heterocycles. The number of hydrogen-bond donors (Lipinski definition) is 4. The van der Waals surface area contributed by atoms with Crippen LogP contribution in [0.1, 0.15) is 63.1 Å². The number of anilines is 3. The minimum Gasteiger partial charge on any atom is -0.495 e. The Kier molecular flexibility index (Phi) is 8.51. The molecule has 1 saturated heterocycles. The van der Waals surface area contributed by atoms with E-state index in [-0.39, 0.29) is 23.7 Å². The van der Waals surface area contributed by atoms with Crippen LogP contribution < -0.4 is 26.4 Å². The quantitative estimate of drug-likeness (QED) is 0.423. The van der Waals surface area contributed by atoms with Crippen LogP contribution in [-0.2, 0) is 9.47 Å². The lowest BCUT2D eigenvalue weighted by atomic mass is 10.0. The molecule has 3 rings (SSSR count). The average Bonchev–Trinajstić information content (AvgIpc) is 2.79. The molecule has 0 aromatic carbocycles. The van der Waals surface area contributed by atoms with E-state index in [0.717, 1.165) is 5.69 Å². The van der Waals surface area contributed by atoms with Gasteiger partial charge in [0, 0.05) is 12.7 Å². The van der Waals surface area contributed by atoms with Gasteiger partial charge in [-0.15, -0.1) is 10.2 Å². The van der Waals surface area contributed by atoms with Crippen molar-refractivity contribution >= 4 is 29.3 Å². The molecule has 12 heteroatoms. The first-order valence-electron chi connectivity index (χ1n) is 11.8. The van der Waals surface area contributed by atoms with E-state index in [9.17, 15) is 9.59 Å². The lowest BCUT2D eigenvalue weighted by Gasteiger charge is -2.33. The van der Waals surface area contributed by atoms with Crippen molar-refractivity contribution in [3.05, 3.63) is 29.6 Å². The van der Waals surface area contributed by atoms with E-state index in [1.54, 1.807) is 46.1 Å². The van der Waals surface area contributed by atoms with Gasteiger partial charge in [-0.2, -0.15) is 0 Å². The Bertz CT molecular complexity index is 1090. The lowest BCUT2D eigenvalue weighted by Crippen LogP contribution is -2.53. The second kappa shape index (κ2) is 11.4. The Hall–Kier alpha value is -3.67. The summed E-state index contributed by atoms with van der Waals surface area (Å²) in [5.74, 6) is 0.945. The van der Waals surface area contributed by atoms with Gasteiger partial charge >= 0.3 is 6.09 Å². The number of pyridine rings is 1. The highest BCUT2D eigenvalue weighted by Crippen LogP contribution is 2.28. The van der Waals surface area contributed by atoms with Gasteiger partial charge in [-0.3, -0.25) is 4.79 Å². The van der Waals surface area contributed by atoms with Crippen LogP contribution in [0.5, 0.6) is 5.75 Å². The molecule has 0 aliphatic carbocycles. The number of rotatable bonds is 8. The van der Waals surface area contributed by atoms with E-state index in [1.165, 1.54) is 0 Å². The van der Waals surface area contributed by atoms with Gasteiger partial charge in [0.2, 0.25) is 0 Å². The maximum atomic E-state index is 12.3.